The van der Waals surface area contributed by atoms with Crippen molar-refractivity contribution < 1.29 is 23.2 Å². The summed E-state index contributed by atoms with van der Waals surface area (Å²) in [5.41, 5.74) is 0.208. The fourth-order valence-electron chi connectivity index (χ4n) is 2.11. The Morgan fingerprint density at radius 3 is 2.90 bits per heavy atom. The quantitative estimate of drug-likeness (QED) is 0.904. The van der Waals surface area contributed by atoms with Gasteiger partial charge in [-0.2, -0.15) is 0 Å². The topological polar surface area (TPSA) is 86.7 Å². The summed E-state index contributed by atoms with van der Waals surface area (Å²) in [5, 5.41) is 6.49. The summed E-state index contributed by atoms with van der Waals surface area (Å²) in [6, 6.07) is 5.01. The van der Waals surface area contributed by atoms with E-state index in [0.717, 1.165) is 0 Å². The van der Waals surface area contributed by atoms with Gasteiger partial charge < -0.3 is 23.7 Å². The zero-order valence-corrected chi connectivity index (χ0v) is 11.6. The fraction of sp³-hybridized carbons (Fsp3) is 0.429. The van der Waals surface area contributed by atoms with Crippen molar-refractivity contribution in [2.45, 2.75) is 19.1 Å². The molecule has 7 nitrogen and oxygen atoms in total. The predicted octanol–water partition coefficient (Wildman–Crippen LogP) is 1.82. The van der Waals surface area contributed by atoms with Crippen molar-refractivity contribution in [2.24, 2.45) is 0 Å². The molecule has 0 aromatic carbocycles. The van der Waals surface area contributed by atoms with Gasteiger partial charge in [0.1, 0.15) is 0 Å². The molecular weight excluding hydrogens is 276 g/mol. The molecule has 0 radical (unpaired) electrons. The number of rotatable bonds is 5. The van der Waals surface area contributed by atoms with Crippen LogP contribution < -0.4 is 5.32 Å². The highest BCUT2D eigenvalue weighted by Gasteiger charge is 2.30. The maximum Gasteiger partial charge on any atom is 0.273 e. The van der Waals surface area contributed by atoms with Crippen molar-refractivity contribution in [3.8, 4) is 11.5 Å². The number of ether oxygens (including phenoxy) is 2. The van der Waals surface area contributed by atoms with Crippen LogP contribution in [-0.4, -0.2) is 36.6 Å². The number of nitrogens with zero attached hydrogens (tertiary/aromatic N) is 1. The van der Waals surface area contributed by atoms with E-state index in [1.807, 2.05) is 6.92 Å². The maximum absolute atomic E-state index is 12.0. The predicted molar refractivity (Wildman–Crippen MR) is 71.5 cm³/mol. The van der Waals surface area contributed by atoms with E-state index in [2.05, 4.69) is 10.5 Å². The summed E-state index contributed by atoms with van der Waals surface area (Å²) in [5.74, 6) is 0.0238. The fourth-order valence-corrected chi connectivity index (χ4v) is 2.11. The van der Waals surface area contributed by atoms with E-state index in [1.54, 1.807) is 18.2 Å². The van der Waals surface area contributed by atoms with Gasteiger partial charge in [-0.3, -0.25) is 4.79 Å². The van der Waals surface area contributed by atoms with Gasteiger partial charge in [-0.15, -0.1) is 0 Å². The molecule has 1 aliphatic rings. The molecule has 21 heavy (non-hydrogen) atoms. The highest BCUT2D eigenvalue weighted by Crippen LogP contribution is 2.22. The SMILES string of the molecule is CC1(CCNC(=O)c2cc(-c3ccco3)on2)OCCO1. The Labute approximate surface area is 121 Å². The Kier molecular flexibility index (Phi) is 3.76. The molecule has 0 aliphatic carbocycles. The number of carbonyl (C=O) groups excluding carboxylic acids is 1. The van der Waals surface area contributed by atoms with Crippen LogP contribution in [0.2, 0.25) is 0 Å². The Morgan fingerprint density at radius 2 is 2.19 bits per heavy atom. The molecule has 0 bridgehead atoms. The second kappa shape index (κ2) is 5.71. The smallest absolute Gasteiger partial charge is 0.273 e. The standard InChI is InChI=1S/C14H16N2O5/c1-14(19-7-8-20-14)4-5-15-13(17)10-9-12(21-16-10)11-3-2-6-18-11/h2-3,6,9H,4-5,7-8H2,1H3,(H,15,17). The van der Waals surface area contributed by atoms with Crippen LogP contribution in [0.25, 0.3) is 11.5 Å². The molecule has 1 amide bonds. The van der Waals surface area contributed by atoms with Gasteiger partial charge in [0.05, 0.1) is 19.5 Å². The average molecular weight is 292 g/mol. The van der Waals surface area contributed by atoms with E-state index in [9.17, 15) is 4.79 Å². The number of hydrogen-bond donors (Lipinski definition) is 1. The van der Waals surface area contributed by atoms with E-state index in [-0.39, 0.29) is 11.6 Å². The molecule has 1 fully saturated rings. The van der Waals surface area contributed by atoms with Gasteiger partial charge in [0, 0.05) is 19.0 Å². The van der Waals surface area contributed by atoms with Gasteiger partial charge >= 0.3 is 0 Å². The Hall–Kier alpha value is -2.12. The summed E-state index contributed by atoms with van der Waals surface area (Å²) in [6.07, 6.45) is 2.10. The number of amides is 1. The maximum atomic E-state index is 12.0. The molecule has 0 spiro atoms. The highest BCUT2D eigenvalue weighted by atomic mass is 16.7. The lowest BCUT2D eigenvalue weighted by Gasteiger charge is -2.21. The van der Waals surface area contributed by atoms with Crippen molar-refractivity contribution in [3.05, 3.63) is 30.2 Å². The molecule has 0 atom stereocenters. The molecule has 0 unspecified atom stereocenters. The molecule has 3 rings (SSSR count). The van der Waals surface area contributed by atoms with Crippen molar-refractivity contribution >= 4 is 5.91 Å². The molecule has 1 N–H and O–H groups in total. The van der Waals surface area contributed by atoms with E-state index < -0.39 is 5.79 Å². The van der Waals surface area contributed by atoms with Gasteiger partial charge in [0.15, 0.2) is 17.2 Å². The third-order valence-corrected chi connectivity index (χ3v) is 3.27. The number of carbonyl (C=O) groups is 1. The Balaban J connectivity index is 1.54. The summed E-state index contributed by atoms with van der Waals surface area (Å²) in [4.78, 5) is 12.0. The largest absolute Gasteiger partial charge is 0.461 e. The molecule has 1 saturated heterocycles. The summed E-state index contributed by atoms with van der Waals surface area (Å²) in [7, 11) is 0. The van der Waals surface area contributed by atoms with Crippen LogP contribution in [0.1, 0.15) is 23.8 Å². The Bertz CT molecular complexity index is 599. The number of aromatic nitrogens is 1. The molecule has 112 valence electrons. The lowest BCUT2D eigenvalue weighted by Crippen LogP contribution is -2.33. The summed E-state index contributed by atoms with van der Waals surface area (Å²) >= 11 is 0. The second-order valence-corrected chi connectivity index (χ2v) is 4.89. The van der Waals surface area contributed by atoms with Crippen molar-refractivity contribution in [2.75, 3.05) is 19.8 Å². The van der Waals surface area contributed by atoms with E-state index in [4.69, 9.17) is 18.4 Å². The normalized spacial score (nSPS) is 17.0. The van der Waals surface area contributed by atoms with Crippen LogP contribution in [0.15, 0.2) is 33.4 Å². The minimum absolute atomic E-state index is 0.208. The summed E-state index contributed by atoms with van der Waals surface area (Å²) in [6.45, 7) is 3.45. The van der Waals surface area contributed by atoms with Gasteiger partial charge in [-0.05, 0) is 19.1 Å². The number of furan rings is 1. The van der Waals surface area contributed by atoms with Crippen LogP contribution >= 0.6 is 0 Å². The lowest BCUT2D eigenvalue weighted by atomic mass is 10.2. The third kappa shape index (κ3) is 3.14. The number of hydrogen-bond acceptors (Lipinski definition) is 6. The number of nitrogens with one attached hydrogen (secondary N) is 1. The van der Waals surface area contributed by atoms with Gasteiger partial charge in [0.2, 0.25) is 5.76 Å². The molecule has 3 heterocycles. The van der Waals surface area contributed by atoms with Gasteiger partial charge in [-0.25, -0.2) is 0 Å². The van der Waals surface area contributed by atoms with E-state index >= 15 is 0 Å². The van der Waals surface area contributed by atoms with Crippen molar-refractivity contribution in [1.82, 2.24) is 10.5 Å². The van der Waals surface area contributed by atoms with E-state index in [0.29, 0.717) is 37.7 Å². The zero-order valence-electron chi connectivity index (χ0n) is 11.6. The average Bonchev–Trinajstić information content (AvgIpc) is 3.19. The molecule has 1 aliphatic heterocycles. The minimum atomic E-state index is -0.615. The summed E-state index contributed by atoms with van der Waals surface area (Å²) < 4.78 is 21.2. The highest BCUT2D eigenvalue weighted by molar-refractivity contribution is 5.92. The van der Waals surface area contributed by atoms with Crippen molar-refractivity contribution in [3.63, 3.8) is 0 Å². The Morgan fingerprint density at radius 1 is 1.38 bits per heavy atom. The second-order valence-electron chi connectivity index (χ2n) is 4.89. The molecular formula is C14H16N2O5. The van der Waals surface area contributed by atoms with Crippen LogP contribution in [0.3, 0.4) is 0 Å². The third-order valence-electron chi connectivity index (χ3n) is 3.27. The molecule has 2 aromatic heterocycles. The first-order valence-corrected chi connectivity index (χ1v) is 6.73. The van der Waals surface area contributed by atoms with Crippen LogP contribution in [0.5, 0.6) is 0 Å². The van der Waals surface area contributed by atoms with Gasteiger partial charge in [0.25, 0.3) is 5.91 Å². The van der Waals surface area contributed by atoms with Gasteiger partial charge in [-0.1, -0.05) is 5.16 Å². The minimum Gasteiger partial charge on any atom is -0.461 e. The molecule has 7 heteroatoms. The molecule has 0 saturated carbocycles. The van der Waals surface area contributed by atoms with E-state index in [1.165, 1.54) is 6.26 Å². The molecule has 2 aromatic rings. The van der Waals surface area contributed by atoms with Crippen LogP contribution in [0.4, 0.5) is 0 Å². The monoisotopic (exact) mass is 292 g/mol. The zero-order chi connectivity index (χ0) is 14.7. The van der Waals surface area contributed by atoms with Crippen molar-refractivity contribution in [1.29, 1.82) is 0 Å². The first-order chi connectivity index (χ1) is 10.2. The first kappa shape index (κ1) is 13.8. The lowest BCUT2D eigenvalue weighted by molar-refractivity contribution is -0.145. The van der Waals surface area contributed by atoms with Crippen LogP contribution in [-0.2, 0) is 9.47 Å². The van der Waals surface area contributed by atoms with Crippen LogP contribution in [0, 0.1) is 0 Å². The first-order valence-electron chi connectivity index (χ1n) is 6.73.